The molecule has 2 heterocycles. The summed E-state index contributed by atoms with van der Waals surface area (Å²) in [7, 11) is 0. The Kier molecular flexibility index (Phi) is 4.86. The molecule has 2 N–H and O–H groups in total. The molecule has 0 aliphatic rings. The van der Waals surface area contributed by atoms with Crippen LogP contribution in [-0.2, 0) is 6.54 Å². The molecule has 1 unspecified atom stereocenters. The highest BCUT2D eigenvalue weighted by atomic mass is 16.3. The summed E-state index contributed by atoms with van der Waals surface area (Å²) in [6.07, 6.45) is 3.93. The van der Waals surface area contributed by atoms with E-state index in [1.54, 1.807) is 18.5 Å². The second kappa shape index (κ2) is 7.23. The van der Waals surface area contributed by atoms with Gasteiger partial charge in [0.2, 0.25) is 0 Å². The van der Waals surface area contributed by atoms with Crippen molar-refractivity contribution in [3.63, 3.8) is 0 Å². The van der Waals surface area contributed by atoms with Crippen LogP contribution in [0.15, 0.2) is 48.8 Å². The zero-order valence-corrected chi connectivity index (χ0v) is 13.5. The summed E-state index contributed by atoms with van der Waals surface area (Å²) in [4.78, 5) is 16.6. The summed E-state index contributed by atoms with van der Waals surface area (Å²) >= 11 is 0. The van der Waals surface area contributed by atoms with E-state index in [0.29, 0.717) is 18.5 Å². The summed E-state index contributed by atoms with van der Waals surface area (Å²) < 4.78 is 1.81. The smallest absolute Gasteiger partial charge is 0.253 e. The Morgan fingerprint density at radius 2 is 2.08 bits per heavy atom. The molecule has 0 radical (unpaired) electrons. The molecule has 0 saturated heterocycles. The number of aliphatic hydroxyl groups is 1. The molecule has 0 bridgehead atoms. The maximum Gasteiger partial charge on any atom is 0.253 e. The van der Waals surface area contributed by atoms with Crippen LogP contribution in [0.4, 0.5) is 0 Å². The molecule has 124 valence electrons. The van der Waals surface area contributed by atoms with E-state index in [1.807, 2.05) is 41.9 Å². The van der Waals surface area contributed by atoms with Crippen molar-refractivity contribution in [3.8, 4) is 0 Å². The molecule has 3 aromatic rings. The van der Waals surface area contributed by atoms with E-state index in [1.165, 1.54) is 0 Å². The van der Waals surface area contributed by atoms with Crippen molar-refractivity contribution in [1.29, 1.82) is 0 Å². The van der Waals surface area contributed by atoms with Crippen molar-refractivity contribution in [2.24, 2.45) is 0 Å². The Bertz CT molecular complexity index is 825. The number of benzene rings is 1. The second-order valence-electron chi connectivity index (χ2n) is 5.69. The van der Waals surface area contributed by atoms with E-state index >= 15 is 0 Å². The normalized spacial score (nSPS) is 12.2. The van der Waals surface area contributed by atoms with Gasteiger partial charge in [-0.15, -0.1) is 0 Å². The molecule has 0 aliphatic carbocycles. The Morgan fingerprint density at radius 1 is 1.29 bits per heavy atom. The number of rotatable bonds is 6. The van der Waals surface area contributed by atoms with Crippen LogP contribution in [0.25, 0.3) is 11.0 Å². The van der Waals surface area contributed by atoms with Gasteiger partial charge in [0.15, 0.2) is 5.65 Å². The van der Waals surface area contributed by atoms with Gasteiger partial charge in [-0.3, -0.25) is 4.79 Å². The molecule has 1 aromatic carbocycles. The number of pyridine rings is 1. The lowest BCUT2D eigenvalue weighted by atomic mass is 10.2. The molecule has 0 spiro atoms. The average molecular weight is 324 g/mol. The zero-order chi connectivity index (χ0) is 16.9. The molecule has 0 fully saturated rings. The quantitative estimate of drug-likeness (QED) is 0.726. The van der Waals surface area contributed by atoms with Gasteiger partial charge in [0, 0.05) is 11.6 Å². The first kappa shape index (κ1) is 16.1. The molecular formula is C18H20N4O2. The lowest BCUT2D eigenvalue weighted by molar-refractivity contribution is 0.0914. The van der Waals surface area contributed by atoms with E-state index in [-0.39, 0.29) is 18.6 Å². The number of nitrogens with zero attached hydrogens (tertiary/aromatic N) is 3. The number of fused-ring (bicyclic) bond motifs is 1. The largest absolute Gasteiger partial charge is 0.394 e. The topological polar surface area (TPSA) is 80.0 Å². The number of nitrogens with one attached hydrogen (secondary N) is 1. The van der Waals surface area contributed by atoms with Crippen molar-refractivity contribution in [2.45, 2.75) is 25.9 Å². The lowest BCUT2D eigenvalue weighted by Gasteiger charge is -2.13. The highest BCUT2D eigenvalue weighted by Crippen LogP contribution is 2.15. The zero-order valence-electron chi connectivity index (χ0n) is 13.5. The van der Waals surface area contributed by atoms with Crippen molar-refractivity contribution < 1.29 is 9.90 Å². The molecule has 0 aliphatic heterocycles. The number of hydrogen-bond donors (Lipinski definition) is 2. The second-order valence-corrected chi connectivity index (χ2v) is 5.69. The fourth-order valence-electron chi connectivity index (χ4n) is 2.51. The van der Waals surface area contributed by atoms with Gasteiger partial charge in [-0.2, -0.15) is 5.10 Å². The van der Waals surface area contributed by atoms with Gasteiger partial charge in [0.25, 0.3) is 5.91 Å². The highest BCUT2D eigenvalue weighted by Gasteiger charge is 2.13. The van der Waals surface area contributed by atoms with Crippen LogP contribution in [0.2, 0.25) is 0 Å². The van der Waals surface area contributed by atoms with E-state index in [4.69, 9.17) is 0 Å². The Balaban J connectivity index is 1.81. The Morgan fingerprint density at radius 3 is 2.79 bits per heavy atom. The van der Waals surface area contributed by atoms with Crippen molar-refractivity contribution >= 4 is 16.9 Å². The number of aromatic nitrogens is 3. The van der Waals surface area contributed by atoms with Gasteiger partial charge in [-0.1, -0.05) is 37.3 Å². The van der Waals surface area contributed by atoms with E-state index in [9.17, 15) is 9.90 Å². The minimum atomic E-state index is -0.242. The number of amides is 1. The van der Waals surface area contributed by atoms with E-state index in [0.717, 1.165) is 16.6 Å². The molecule has 0 saturated carbocycles. The Hall–Kier alpha value is -2.73. The fraction of sp³-hybridized carbons (Fsp3) is 0.278. The van der Waals surface area contributed by atoms with E-state index < -0.39 is 0 Å². The summed E-state index contributed by atoms with van der Waals surface area (Å²) in [6, 6.07) is 11.6. The van der Waals surface area contributed by atoms with Crippen LogP contribution in [0.3, 0.4) is 0 Å². The lowest BCUT2D eigenvalue weighted by Crippen LogP contribution is -2.36. The third kappa shape index (κ3) is 3.44. The molecule has 1 atom stereocenters. The molecule has 2 aromatic heterocycles. The minimum Gasteiger partial charge on any atom is -0.394 e. The van der Waals surface area contributed by atoms with Crippen LogP contribution in [0, 0.1) is 0 Å². The monoisotopic (exact) mass is 324 g/mol. The molecule has 6 heteroatoms. The third-order valence-corrected chi connectivity index (χ3v) is 3.96. The minimum absolute atomic E-state index is 0.0765. The van der Waals surface area contributed by atoms with E-state index in [2.05, 4.69) is 15.4 Å². The van der Waals surface area contributed by atoms with Gasteiger partial charge >= 0.3 is 0 Å². The van der Waals surface area contributed by atoms with Gasteiger partial charge < -0.3 is 10.4 Å². The molecular weight excluding hydrogens is 304 g/mol. The average Bonchev–Trinajstić information content (AvgIpc) is 3.02. The first-order valence-corrected chi connectivity index (χ1v) is 7.98. The summed E-state index contributed by atoms with van der Waals surface area (Å²) in [5, 5.41) is 17.2. The van der Waals surface area contributed by atoms with Gasteiger partial charge in [0.1, 0.15) is 0 Å². The maximum absolute atomic E-state index is 12.2. The van der Waals surface area contributed by atoms with Crippen molar-refractivity contribution in [3.05, 3.63) is 59.9 Å². The van der Waals surface area contributed by atoms with Crippen LogP contribution < -0.4 is 5.32 Å². The Labute approximate surface area is 140 Å². The van der Waals surface area contributed by atoms with Crippen LogP contribution in [0.5, 0.6) is 0 Å². The molecule has 1 amide bonds. The molecule has 3 rings (SSSR count). The maximum atomic E-state index is 12.2. The van der Waals surface area contributed by atoms with Crippen molar-refractivity contribution in [2.75, 3.05) is 6.61 Å². The SMILES string of the molecule is CCC(CO)NC(=O)c1cnc2c(cnn2Cc2ccccc2)c1. The van der Waals surface area contributed by atoms with Crippen molar-refractivity contribution in [1.82, 2.24) is 20.1 Å². The fourth-order valence-corrected chi connectivity index (χ4v) is 2.51. The number of carbonyl (C=O) groups is 1. The van der Waals surface area contributed by atoms with Gasteiger partial charge in [-0.05, 0) is 18.1 Å². The first-order valence-electron chi connectivity index (χ1n) is 7.98. The van der Waals surface area contributed by atoms with Gasteiger partial charge in [-0.25, -0.2) is 9.67 Å². The first-order chi connectivity index (χ1) is 11.7. The summed E-state index contributed by atoms with van der Waals surface area (Å²) in [6.45, 7) is 2.47. The molecule has 6 nitrogen and oxygen atoms in total. The highest BCUT2D eigenvalue weighted by molar-refractivity contribution is 5.96. The standard InChI is InChI=1S/C18H20N4O2/c1-2-16(12-23)21-18(24)15-8-14-10-20-22(17(14)19-9-15)11-13-6-4-3-5-7-13/h3-10,16,23H,2,11-12H2,1H3,(H,21,24). The number of carbonyl (C=O) groups excluding carboxylic acids is 1. The number of hydrogen-bond acceptors (Lipinski definition) is 4. The van der Waals surface area contributed by atoms with Crippen LogP contribution >= 0.6 is 0 Å². The molecule has 24 heavy (non-hydrogen) atoms. The number of aliphatic hydroxyl groups excluding tert-OH is 1. The summed E-state index contributed by atoms with van der Waals surface area (Å²) in [5.41, 5.74) is 2.35. The van der Waals surface area contributed by atoms with Crippen LogP contribution in [0.1, 0.15) is 29.3 Å². The predicted octanol–water partition coefficient (Wildman–Crippen LogP) is 1.98. The third-order valence-electron chi connectivity index (χ3n) is 3.96. The van der Waals surface area contributed by atoms with Crippen LogP contribution in [-0.4, -0.2) is 38.4 Å². The summed E-state index contributed by atoms with van der Waals surface area (Å²) in [5.74, 6) is -0.235. The predicted molar refractivity (Wildman–Crippen MR) is 91.7 cm³/mol. The van der Waals surface area contributed by atoms with Gasteiger partial charge in [0.05, 0.1) is 31.0 Å².